The summed E-state index contributed by atoms with van der Waals surface area (Å²) in [5, 5.41) is 0.813. The Bertz CT molecular complexity index is 576. The molecule has 1 unspecified atom stereocenters. The first-order chi connectivity index (χ1) is 10.2. The lowest BCUT2D eigenvalue weighted by atomic mass is 10.1. The van der Waals surface area contributed by atoms with Gasteiger partial charge in [0.15, 0.2) is 0 Å². The molecule has 2 aromatic rings. The largest absolute Gasteiger partial charge is 0.494 e. The number of ether oxygens (including phenoxy) is 1. The van der Waals surface area contributed by atoms with Crippen LogP contribution in [0.5, 0.6) is 5.75 Å². The number of benzene rings is 2. The van der Waals surface area contributed by atoms with Gasteiger partial charge in [0.05, 0.1) is 6.61 Å². The van der Waals surface area contributed by atoms with Crippen LogP contribution in [0, 0.1) is 0 Å². The van der Waals surface area contributed by atoms with Crippen LogP contribution in [-0.4, -0.2) is 12.4 Å². The number of nitrogens with two attached hydrogens (primary N) is 1. The maximum absolute atomic E-state index is 6.29. The van der Waals surface area contributed by atoms with Gasteiger partial charge in [-0.2, -0.15) is 11.8 Å². The Morgan fingerprint density at radius 2 is 1.86 bits per heavy atom. The van der Waals surface area contributed by atoms with Gasteiger partial charge < -0.3 is 10.5 Å². The lowest BCUT2D eigenvalue weighted by Crippen LogP contribution is -2.14. The molecule has 0 saturated heterocycles. The van der Waals surface area contributed by atoms with Crippen molar-refractivity contribution in [2.24, 2.45) is 5.73 Å². The minimum absolute atomic E-state index is 0.0414. The highest BCUT2D eigenvalue weighted by Gasteiger charge is 2.12. The molecular formula is C17H20ClNOS. The summed E-state index contributed by atoms with van der Waals surface area (Å²) >= 11 is 7.94. The van der Waals surface area contributed by atoms with E-state index in [0.717, 1.165) is 33.4 Å². The molecule has 0 aromatic heterocycles. The third-order valence-electron chi connectivity index (χ3n) is 3.13. The van der Waals surface area contributed by atoms with E-state index in [1.54, 1.807) is 11.8 Å². The molecule has 2 N–H and O–H groups in total. The number of halogens is 1. The molecule has 0 saturated carbocycles. The van der Waals surface area contributed by atoms with Crippen molar-refractivity contribution in [3.05, 3.63) is 64.7 Å². The SMILES string of the molecule is CCOc1ccccc1C(N)CSCc1ccccc1Cl. The molecule has 1 atom stereocenters. The Labute approximate surface area is 135 Å². The summed E-state index contributed by atoms with van der Waals surface area (Å²) in [6.07, 6.45) is 0. The molecule has 0 spiro atoms. The molecule has 2 rings (SSSR count). The van der Waals surface area contributed by atoms with Gasteiger partial charge in [0.2, 0.25) is 0 Å². The molecule has 0 heterocycles. The second kappa shape index (κ2) is 8.32. The van der Waals surface area contributed by atoms with Crippen molar-refractivity contribution in [3.8, 4) is 5.75 Å². The summed E-state index contributed by atoms with van der Waals surface area (Å²) in [4.78, 5) is 0. The first-order valence-electron chi connectivity index (χ1n) is 7.00. The third kappa shape index (κ3) is 4.67. The van der Waals surface area contributed by atoms with Crippen molar-refractivity contribution in [1.82, 2.24) is 0 Å². The van der Waals surface area contributed by atoms with E-state index in [4.69, 9.17) is 22.1 Å². The Balaban J connectivity index is 1.93. The van der Waals surface area contributed by atoms with Crippen LogP contribution in [0.2, 0.25) is 5.02 Å². The van der Waals surface area contributed by atoms with Crippen LogP contribution in [0.15, 0.2) is 48.5 Å². The zero-order valence-electron chi connectivity index (χ0n) is 12.1. The predicted octanol–water partition coefficient (Wildman–Crippen LogP) is 4.67. The van der Waals surface area contributed by atoms with Crippen molar-refractivity contribution in [1.29, 1.82) is 0 Å². The standard InChI is InChI=1S/C17H20ClNOS/c1-2-20-17-10-6-4-8-14(17)16(19)12-21-11-13-7-3-5-9-15(13)18/h3-10,16H,2,11-12,19H2,1H3. The average Bonchev–Trinajstić information content (AvgIpc) is 2.50. The van der Waals surface area contributed by atoms with Crippen LogP contribution in [0.4, 0.5) is 0 Å². The van der Waals surface area contributed by atoms with Gasteiger partial charge in [-0.1, -0.05) is 48.0 Å². The fraction of sp³-hybridized carbons (Fsp3) is 0.294. The average molecular weight is 322 g/mol. The van der Waals surface area contributed by atoms with Crippen LogP contribution in [0.25, 0.3) is 0 Å². The molecule has 2 aromatic carbocycles. The summed E-state index contributed by atoms with van der Waals surface area (Å²) < 4.78 is 5.63. The number of para-hydroxylation sites is 1. The molecule has 0 radical (unpaired) electrons. The van der Waals surface area contributed by atoms with E-state index in [9.17, 15) is 0 Å². The summed E-state index contributed by atoms with van der Waals surface area (Å²) in [6, 6.07) is 15.8. The van der Waals surface area contributed by atoms with Gasteiger partial charge in [-0.05, 0) is 24.6 Å². The highest BCUT2D eigenvalue weighted by molar-refractivity contribution is 7.98. The maximum atomic E-state index is 6.29. The second-order valence-electron chi connectivity index (χ2n) is 4.68. The van der Waals surface area contributed by atoms with Crippen LogP contribution < -0.4 is 10.5 Å². The number of rotatable bonds is 7. The fourth-order valence-corrected chi connectivity index (χ4v) is 3.38. The molecule has 0 bridgehead atoms. The van der Waals surface area contributed by atoms with E-state index < -0.39 is 0 Å². The molecule has 0 aliphatic heterocycles. The van der Waals surface area contributed by atoms with Crippen molar-refractivity contribution in [2.45, 2.75) is 18.7 Å². The van der Waals surface area contributed by atoms with Crippen molar-refractivity contribution < 1.29 is 4.74 Å². The molecule has 0 aliphatic carbocycles. The number of hydrogen-bond acceptors (Lipinski definition) is 3. The van der Waals surface area contributed by atoms with E-state index in [2.05, 4.69) is 6.07 Å². The zero-order chi connectivity index (χ0) is 15.1. The summed E-state index contributed by atoms with van der Waals surface area (Å²) in [5.41, 5.74) is 8.50. The predicted molar refractivity (Wildman–Crippen MR) is 92.2 cm³/mol. The van der Waals surface area contributed by atoms with E-state index in [-0.39, 0.29) is 6.04 Å². The molecule has 0 aliphatic rings. The Hall–Kier alpha value is -1.16. The first kappa shape index (κ1) is 16.2. The van der Waals surface area contributed by atoms with Gasteiger partial charge in [0.1, 0.15) is 5.75 Å². The quantitative estimate of drug-likeness (QED) is 0.804. The van der Waals surface area contributed by atoms with Crippen LogP contribution in [-0.2, 0) is 5.75 Å². The van der Waals surface area contributed by atoms with Crippen molar-refractivity contribution >= 4 is 23.4 Å². The normalized spacial score (nSPS) is 12.1. The van der Waals surface area contributed by atoms with Gasteiger partial charge in [0, 0.05) is 28.1 Å². The molecule has 21 heavy (non-hydrogen) atoms. The third-order valence-corrected chi connectivity index (χ3v) is 4.61. The van der Waals surface area contributed by atoms with Crippen LogP contribution >= 0.6 is 23.4 Å². The minimum Gasteiger partial charge on any atom is -0.494 e. The van der Waals surface area contributed by atoms with Gasteiger partial charge in [-0.3, -0.25) is 0 Å². The highest BCUT2D eigenvalue weighted by atomic mass is 35.5. The molecule has 112 valence electrons. The summed E-state index contributed by atoms with van der Waals surface area (Å²) in [7, 11) is 0. The lowest BCUT2D eigenvalue weighted by Gasteiger charge is -2.16. The molecule has 0 fully saturated rings. The summed E-state index contributed by atoms with van der Waals surface area (Å²) in [6.45, 7) is 2.63. The molecule has 0 amide bonds. The Morgan fingerprint density at radius 1 is 1.14 bits per heavy atom. The Morgan fingerprint density at radius 3 is 2.62 bits per heavy atom. The van der Waals surface area contributed by atoms with Gasteiger partial charge in [-0.15, -0.1) is 0 Å². The zero-order valence-corrected chi connectivity index (χ0v) is 13.7. The van der Waals surface area contributed by atoms with Crippen LogP contribution in [0.1, 0.15) is 24.1 Å². The summed E-state index contributed by atoms with van der Waals surface area (Å²) in [5.74, 6) is 2.57. The Kier molecular flexibility index (Phi) is 6.43. The van der Waals surface area contributed by atoms with E-state index in [1.165, 1.54) is 0 Å². The topological polar surface area (TPSA) is 35.2 Å². The van der Waals surface area contributed by atoms with Crippen molar-refractivity contribution in [2.75, 3.05) is 12.4 Å². The number of thioether (sulfide) groups is 1. The van der Waals surface area contributed by atoms with E-state index in [0.29, 0.717) is 6.61 Å². The first-order valence-corrected chi connectivity index (χ1v) is 8.54. The van der Waals surface area contributed by atoms with E-state index in [1.807, 2.05) is 49.4 Å². The fourth-order valence-electron chi connectivity index (χ4n) is 2.07. The maximum Gasteiger partial charge on any atom is 0.124 e. The minimum atomic E-state index is -0.0414. The van der Waals surface area contributed by atoms with Gasteiger partial charge in [0.25, 0.3) is 0 Å². The van der Waals surface area contributed by atoms with Crippen molar-refractivity contribution in [3.63, 3.8) is 0 Å². The second-order valence-corrected chi connectivity index (χ2v) is 6.12. The smallest absolute Gasteiger partial charge is 0.124 e. The number of hydrogen-bond donors (Lipinski definition) is 1. The van der Waals surface area contributed by atoms with E-state index >= 15 is 0 Å². The van der Waals surface area contributed by atoms with Crippen LogP contribution in [0.3, 0.4) is 0 Å². The highest BCUT2D eigenvalue weighted by Crippen LogP contribution is 2.28. The monoisotopic (exact) mass is 321 g/mol. The lowest BCUT2D eigenvalue weighted by molar-refractivity contribution is 0.335. The molecular weight excluding hydrogens is 302 g/mol. The molecule has 4 heteroatoms. The molecule has 2 nitrogen and oxygen atoms in total. The van der Waals surface area contributed by atoms with Gasteiger partial charge >= 0.3 is 0 Å². The van der Waals surface area contributed by atoms with Gasteiger partial charge in [-0.25, -0.2) is 0 Å².